The number of aliphatic imine (C=N–C) groups is 1. The smallest absolute Gasteiger partial charge is 0.320 e. The van der Waals surface area contributed by atoms with E-state index in [-0.39, 0.29) is 17.0 Å². The lowest BCUT2D eigenvalue weighted by molar-refractivity contribution is 0.0958. The lowest BCUT2D eigenvalue weighted by atomic mass is 10.1. The largest absolute Gasteiger partial charge is 0.338 e. The van der Waals surface area contributed by atoms with Gasteiger partial charge in [-0.25, -0.2) is 30.6 Å². The van der Waals surface area contributed by atoms with Gasteiger partial charge in [-0.05, 0) is 24.6 Å². The van der Waals surface area contributed by atoms with Gasteiger partial charge in [-0.2, -0.15) is 0 Å². The van der Waals surface area contributed by atoms with Crippen molar-refractivity contribution in [3.63, 3.8) is 0 Å². The molecule has 38 heavy (non-hydrogen) atoms. The first-order valence-corrected chi connectivity index (χ1v) is 13.5. The molecule has 0 radical (unpaired) electrons. The molecule has 192 valence electrons. The molecule has 0 bridgehead atoms. The number of nitrogen functional groups attached to an aromatic ring is 1. The van der Waals surface area contributed by atoms with E-state index in [1.54, 1.807) is 42.5 Å². The highest BCUT2D eigenvalue weighted by molar-refractivity contribution is 8.14. The molecule has 1 aromatic carbocycles. The number of hydrogen-bond acceptors (Lipinski definition) is 10. The summed E-state index contributed by atoms with van der Waals surface area (Å²) in [6.45, 7) is 2.31. The summed E-state index contributed by atoms with van der Waals surface area (Å²) in [6.07, 6.45) is 4.77. The van der Waals surface area contributed by atoms with Crippen molar-refractivity contribution >= 4 is 45.9 Å². The van der Waals surface area contributed by atoms with E-state index in [2.05, 4.69) is 43.1 Å². The molecule has 3 amide bonds. The molecule has 0 aliphatic carbocycles. The predicted octanol–water partition coefficient (Wildman–Crippen LogP) is 3.64. The van der Waals surface area contributed by atoms with Gasteiger partial charge in [-0.3, -0.25) is 20.5 Å². The van der Waals surface area contributed by atoms with E-state index in [0.29, 0.717) is 34.5 Å². The zero-order valence-electron chi connectivity index (χ0n) is 20.2. The second kappa shape index (κ2) is 11.5. The number of carbonyl (C=O) groups is 2. The Morgan fingerprint density at radius 2 is 1.87 bits per heavy atom. The molecule has 5 rings (SSSR count). The molecule has 0 saturated carbocycles. The Labute approximate surface area is 226 Å². The van der Waals surface area contributed by atoms with Crippen molar-refractivity contribution in [2.45, 2.75) is 13.0 Å². The number of thioether (sulfide) groups is 1. The monoisotopic (exact) mass is 545 g/mol. The number of thiazole rings is 1. The second-order valence-electron chi connectivity index (χ2n) is 8.01. The molecule has 11 nitrogen and oxygen atoms in total. The minimum absolute atomic E-state index is 0.0137. The van der Waals surface area contributed by atoms with E-state index in [1.807, 2.05) is 25.1 Å². The van der Waals surface area contributed by atoms with Crippen LogP contribution < -0.4 is 21.9 Å². The van der Waals surface area contributed by atoms with Crippen LogP contribution >= 0.6 is 23.1 Å². The first-order valence-electron chi connectivity index (χ1n) is 11.7. The first kappa shape index (κ1) is 25.4. The summed E-state index contributed by atoms with van der Waals surface area (Å²) >= 11 is 2.76. The number of nitrogens with one attached hydrogen (secondary N) is 3. The van der Waals surface area contributed by atoms with E-state index in [1.165, 1.54) is 0 Å². The average Bonchev–Trinajstić information content (AvgIpc) is 3.62. The number of nitrogens with two attached hydrogens (primary N) is 1. The number of nitrogens with zero attached hydrogens (tertiary/aromatic N) is 5. The lowest BCUT2D eigenvalue weighted by Crippen LogP contribution is -2.29. The zero-order chi connectivity index (χ0) is 26.5. The highest BCUT2D eigenvalue weighted by Gasteiger charge is 2.27. The zero-order valence-corrected chi connectivity index (χ0v) is 21.8. The minimum atomic E-state index is -0.503. The van der Waals surface area contributed by atoms with Crippen LogP contribution in [0.15, 0.2) is 66.0 Å². The normalized spacial score (nSPS) is 14.6. The Balaban J connectivity index is 1.61. The molecule has 4 heterocycles. The Morgan fingerprint density at radius 1 is 1.08 bits per heavy atom. The number of pyridine rings is 1. The molecule has 1 aliphatic rings. The maximum atomic E-state index is 12.6. The van der Waals surface area contributed by atoms with Gasteiger partial charge in [0, 0.05) is 42.0 Å². The lowest BCUT2D eigenvalue weighted by Gasteiger charge is -2.10. The maximum Gasteiger partial charge on any atom is 0.320 e. The van der Waals surface area contributed by atoms with E-state index in [0.717, 1.165) is 33.3 Å². The SMILES string of the molecule is CCNC(=O)Nc1cc(C2=NC(c3ccccc3)CS2)c(-c2nc(-c3ncccn3)c(C(=O)NN)s2)cn1. The maximum absolute atomic E-state index is 12.6. The van der Waals surface area contributed by atoms with E-state index in [9.17, 15) is 9.59 Å². The minimum Gasteiger partial charge on any atom is -0.338 e. The summed E-state index contributed by atoms with van der Waals surface area (Å²) in [5, 5.41) is 6.76. The van der Waals surface area contributed by atoms with Crippen LogP contribution in [-0.4, -0.2) is 49.2 Å². The first-order chi connectivity index (χ1) is 18.6. The second-order valence-corrected chi connectivity index (χ2v) is 10.0. The highest BCUT2D eigenvalue weighted by atomic mass is 32.2. The Morgan fingerprint density at radius 3 is 2.61 bits per heavy atom. The van der Waals surface area contributed by atoms with Crippen molar-refractivity contribution in [2.24, 2.45) is 10.8 Å². The van der Waals surface area contributed by atoms with Gasteiger partial charge < -0.3 is 5.32 Å². The van der Waals surface area contributed by atoms with Gasteiger partial charge in [-0.1, -0.05) is 30.3 Å². The molecular formula is C25H23N9O2S2. The molecule has 1 atom stereocenters. The summed E-state index contributed by atoms with van der Waals surface area (Å²) < 4.78 is 0. The number of hydrogen-bond donors (Lipinski definition) is 4. The Bertz CT molecular complexity index is 1490. The fourth-order valence-corrected chi connectivity index (χ4v) is 5.88. The van der Waals surface area contributed by atoms with Gasteiger partial charge in [0.2, 0.25) is 0 Å². The topological polar surface area (TPSA) is 160 Å². The standard InChI is InChI=1S/C25H23N9O2S2/c1-2-27-25(36)32-18-11-15(23-31-17(13-37-23)14-7-4-3-5-8-14)16(12-30-18)24-33-19(20(38-24)22(35)34-26)21-28-9-6-10-29-21/h3-12,17H,2,13,26H2,1H3,(H,34,35)(H2,27,30,32,36). The van der Waals surface area contributed by atoms with Crippen LogP contribution in [-0.2, 0) is 0 Å². The number of urea groups is 1. The molecule has 1 aliphatic heterocycles. The summed E-state index contributed by atoms with van der Waals surface area (Å²) in [4.78, 5) is 47.7. The quantitative estimate of drug-likeness (QED) is 0.156. The number of carbonyl (C=O) groups excluding carboxylic acids is 2. The van der Waals surface area contributed by atoms with Crippen molar-refractivity contribution in [1.82, 2.24) is 30.7 Å². The molecular weight excluding hydrogens is 522 g/mol. The van der Waals surface area contributed by atoms with Crippen LogP contribution in [0.25, 0.3) is 22.1 Å². The molecule has 1 unspecified atom stereocenters. The summed E-state index contributed by atoms with van der Waals surface area (Å²) in [6, 6.07) is 13.1. The predicted molar refractivity (Wildman–Crippen MR) is 149 cm³/mol. The van der Waals surface area contributed by atoms with Crippen LogP contribution in [0.5, 0.6) is 0 Å². The number of hydrazine groups is 1. The number of rotatable bonds is 7. The number of benzene rings is 1. The van der Waals surface area contributed by atoms with E-state index in [4.69, 9.17) is 15.8 Å². The van der Waals surface area contributed by atoms with Crippen LogP contribution in [0, 0.1) is 0 Å². The van der Waals surface area contributed by atoms with Crippen molar-refractivity contribution in [1.29, 1.82) is 0 Å². The molecule has 5 N–H and O–H groups in total. The number of amides is 3. The van der Waals surface area contributed by atoms with E-state index >= 15 is 0 Å². The van der Waals surface area contributed by atoms with Crippen molar-refractivity contribution in [3.05, 3.63) is 77.1 Å². The van der Waals surface area contributed by atoms with Crippen molar-refractivity contribution in [2.75, 3.05) is 17.6 Å². The number of anilines is 1. The fourth-order valence-electron chi connectivity index (χ4n) is 3.79. The molecule has 0 spiro atoms. The van der Waals surface area contributed by atoms with Crippen LogP contribution in [0.3, 0.4) is 0 Å². The molecule has 3 aromatic heterocycles. The van der Waals surface area contributed by atoms with Crippen molar-refractivity contribution in [3.8, 4) is 22.1 Å². The summed E-state index contributed by atoms with van der Waals surface area (Å²) in [7, 11) is 0. The summed E-state index contributed by atoms with van der Waals surface area (Å²) in [5.41, 5.74) is 5.00. The van der Waals surface area contributed by atoms with Gasteiger partial charge in [0.05, 0.1) is 11.1 Å². The average molecular weight is 546 g/mol. The molecule has 4 aromatic rings. The van der Waals surface area contributed by atoms with Gasteiger partial charge >= 0.3 is 6.03 Å². The highest BCUT2D eigenvalue weighted by Crippen LogP contribution is 2.39. The fraction of sp³-hybridized carbons (Fsp3) is 0.160. The van der Waals surface area contributed by atoms with Gasteiger partial charge in [0.25, 0.3) is 5.91 Å². The van der Waals surface area contributed by atoms with Gasteiger partial charge in [-0.15, -0.1) is 23.1 Å². The third-order valence-corrected chi connectivity index (χ3v) is 7.69. The third kappa shape index (κ3) is 5.39. The third-order valence-electron chi connectivity index (χ3n) is 5.52. The van der Waals surface area contributed by atoms with Crippen LogP contribution in [0.2, 0.25) is 0 Å². The molecule has 13 heteroatoms. The van der Waals surface area contributed by atoms with E-state index < -0.39 is 5.91 Å². The molecule has 0 saturated heterocycles. The Kier molecular flexibility index (Phi) is 7.67. The number of aromatic nitrogens is 4. The van der Waals surface area contributed by atoms with Gasteiger partial charge in [0.15, 0.2) is 5.82 Å². The van der Waals surface area contributed by atoms with Gasteiger partial charge in [0.1, 0.15) is 21.4 Å². The van der Waals surface area contributed by atoms with Crippen molar-refractivity contribution < 1.29 is 9.59 Å². The summed E-state index contributed by atoms with van der Waals surface area (Å²) in [5.74, 6) is 6.38. The Hall–Kier alpha value is -4.20. The molecule has 0 fully saturated rings. The van der Waals surface area contributed by atoms with Crippen LogP contribution in [0.1, 0.15) is 33.8 Å². The van der Waals surface area contributed by atoms with Crippen LogP contribution in [0.4, 0.5) is 10.6 Å².